The van der Waals surface area contributed by atoms with Crippen LogP contribution >= 0.6 is 0 Å². The van der Waals surface area contributed by atoms with E-state index in [9.17, 15) is 23.1 Å². The Morgan fingerprint density at radius 1 is 1.10 bits per heavy atom. The molecule has 0 fully saturated rings. The molecule has 0 aliphatic carbocycles. The van der Waals surface area contributed by atoms with Crippen LogP contribution in [-0.4, -0.2) is 68.7 Å². The number of carbonyl (C=O) groups is 2. The molecule has 0 radical (unpaired) electrons. The van der Waals surface area contributed by atoms with E-state index in [0.717, 1.165) is 5.56 Å². The zero-order valence-electron chi connectivity index (χ0n) is 23.8. The number of carbonyl (C=O) groups excluding carboxylic acids is 2. The summed E-state index contributed by atoms with van der Waals surface area (Å²) in [5, 5.41) is 14.2. The van der Waals surface area contributed by atoms with Gasteiger partial charge in [-0.3, -0.25) is 0 Å². The van der Waals surface area contributed by atoms with E-state index in [4.69, 9.17) is 14.2 Å². The van der Waals surface area contributed by atoms with Crippen LogP contribution in [0.4, 0.5) is 4.79 Å². The van der Waals surface area contributed by atoms with Gasteiger partial charge in [0.05, 0.1) is 30.8 Å². The maximum absolute atomic E-state index is 13.9. The van der Waals surface area contributed by atoms with E-state index < -0.39 is 28.3 Å². The normalized spacial score (nSPS) is 15.4. The van der Waals surface area contributed by atoms with Gasteiger partial charge in [0, 0.05) is 25.9 Å². The maximum Gasteiger partial charge on any atom is 0.412 e. The number of hydrogen-bond donors (Lipinski definition) is 2. The molecule has 3 rings (SSSR count). The first-order valence-corrected chi connectivity index (χ1v) is 15.2. The van der Waals surface area contributed by atoms with Gasteiger partial charge in [0.2, 0.25) is 10.0 Å². The molecule has 10 nitrogen and oxygen atoms in total. The lowest BCUT2D eigenvalue weighted by Gasteiger charge is -2.31. The van der Waals surface area contributed by atoms with E-state index >= 15 is 0 Å². The molecule has 0 aromatic heterocycles. The summed E-state index contributed by atoms with van der Waals surface area (Å²) < 4.78 is 44.6. The van der Waals surface area contributed by atoms with Crippen LogP contribution in [0, 0.1) is 5.92 Å². The first-order chi connectivity index (χ1) is 19.6. The Balaban J connectivity index is 1.88. The van der Waals surface area contributed by atoms with Crippen molar-refractivity contribution < 1.29 is 37.3 Å². The summed E-state index contributed by atoms with van der Waals surface area (Å²) in [5.74, 6) is 0.799. The number of ketones is 1. The van der Waals surface area contributed by atoms with Crippen LogP contribution in [0.15, 0.2) is 71.5 Å². The molecule has 1 amide bonds. The van der Waals surface area contributed by atoms with Crippen LogP contribution in [0.3, 0.4) is 0 Å². The third-order valence-corrected chi connectivity index (χ3v) is 8.85. The molecule has 2 aromatic carbocycles. The van der Waals surface area contributed by atoms with Gasteiger partial charge in [0.25, 0.3) is 0 Å². The number of ether oxygens (including phenoxy) is 3. The number of amides is 1. The molecule has 2 aromatic rings. The molecule has 224 valence electrons. The predicted molar refractivity (Wildman–Crippen MR) is 154 cm³/mol. The molecule has 0 saturated carbocycles. The average molecular weight is 589 g/mol. The zero-order chi connectivity index (χ0) is 29.8. The Kier molecular flexibility index (Phi) is 12.2. The van der Waals surface area contributed by atoms with Crippen LogP contribution < -0.4 is 10.1 Å². The lowest BCUT2D eigenvalue weighted by molar-refractivity contribution is -0.117. The SMILES string of the molecule is CCC(CCC(C)=O)CN(C[C@@H](O)[C@H](Cc1ccccc1)NC(=O)OC1=COCC1)S(=O)(=O)c1ccc(OC)cc1. The van der Waals surface area contributed by atoms with Crippen LogP contribution in [0.2, 0.25) is 0 Å². The molecule has 11 heteroatoms. The van der Waals surface area contributed by atoms with Crippen molar-refractivity contribution in [2.45, 2.75) is 63.0 Å². The number of sulfonamides is 1. The van der Waals surface area contributed by atoms with E-state index in [0.29, 0.717) is 43.8 Å². The van der Waals surface area contributed by atoms with Gasteiger partial charge in [-0.05, 0) is 55.5 Å². The molecular formula is C30H40N2O8S. The monoisotopic (exact) mass is 588 g/mol. The number of hydrogen-bond acceptors (Lipinski definition) is 8. The summed E-state index contributed by atoms with van der Waals surface area (Å²) in [6, 6.07) is 14.4. The van der Waals surface area contributed by atoms with Crippen molar-refractivity contribution in [3.63, 3.8) is 0 Å². The Morgan fingerprint density at radius 2 is 1.80 bits per heavy atom. The second kappa shape index (κ2) is 15.6. The standard InChI is InChI=1S/C30H40N2O8S/c1-4-23(11-10-22(2)33)19-32(41(36,37)27-14-12-25(38-3)13-15-27)20-29(34)28(18-24-8-6-5-7-9-24)31-30(35)40-26-16-17-39-21-26/h5-9,12-15,21,23,28-29,34H,4,10-11,16-20H2,1-3H3,(H,31,35)/t23?,28-,29+/m0/s1. The van der Waals surface area contributed by atoms with Crippen LogP contribution in [0.5, 0.6) is 5.75 Å². The number of methoxy groups -OCH3 is 1. The number of nitrogens with one attached hydrogen (secondary N) is 1. The van der Waals surface area contributed by atoms with E-state index in [2.05, 4.69) is 5.32 Å². The van der Waals surface area contributed by atoms with Crippen LogP contribution in [-0.2, 0) is 30.7 Å². The summed E-state index contributed by atoms with van der Waals surface area (Å²) in [5.41, 5.74) is 0.845. The maximum atomic E-state index is 13.9. The average Bonchev–Trinajstić information content (AvgIpc) is 3.47. The second-order valence-corrected chi connectivity index (χ2v) is 12.1. The van der Waals surface area contributed by atoms with E-state index in [-0.39, 0.29) is 36.1 Å². The van der Waals surface area contributed by atoms with Gasteiger partial charge in [-0.25, -0.2) is 13.2 Å². The van der Waals surface area contributed by atoms with E-state index in [1.165, 1.54) is 36.7 Å². The van der Waals surface area contributed by atoms with Crippen molar-refractivity contribution in [3.05, 3.63) is 72.2 Å². The smallest absolute Gasteiger partial charge is 0.412 e. The molecular weight excluding hydrogens is 548 g/mol. The van der Waals surface area contributed by atoms with Crippen molar-refractivity contribution in [1.82, 2.24) is 9.62 Å². The minimum Gasteiger partial charge on any atom is -0.497 e. The van der Waals surface area contributed by atoms with Crippen molar-refractivity contribution >= 4 is 21.9 Å². The molecule has 1 heterocycles. The molecule has 1 aliphatic heterocycles. The molecule has 2 N–H and O–H groups in total. The number of rotatable bonds is 16. The van der Waals surface area contributed by atoms with E-state index in [1.807, 2.05) is 37.3 Å². The first kappa shape index (κ1) is 32.1. The lowest BCUT2D eigenvalue weighted by atomic mass is 9.98. The van der Waals surface area contributed by atoms with Gasteiger partial charge in [0.1, 0.15) is 23.6 Å². The summed E-state index contributed by atoms with van der Waals surface area (Å²) >= 11 is 0. The highest BCUT2D eigenvalue weighted by Gasteiger charge is 2.33. The number of aliphatic hydroxyl groups is 1. The van der Waals surface area contributed by atoms with E-state index in [1.54, 1.807) is 12.1 Å². The van der Waals surface area contributed by atoms with Gasteiger partial charge in [-0.15, -0.1) is 0 Å². The number of nitrogens with zero attached hydrogens (tertiary/aromatic N) is 1. The quantitative estimate of drug-likeness (QED) is 0.300. The summed E-state index contributed by atoms with van der Waals surface area (Å²) in [6.45, 7) is 3.68. The first-order valence-electron chi connectivity index (χ1n) is 13.8. The molecule has 0 bridgehead atoms. The van der Waals surface area contributed by atoms with Crippen LogP contribution in [0.1, 0.15) is 45.1 Å². The second-order valence-electron chi connectivity index (χ2n) is 10.1. The Labute approximate surface area is 242 Å². The number of aliphatic hydroxyl groups excluding tert-OH is 1. The fourth-order valence-electron chi connectivity index (χ4n) is 4.52. The van der Waals surface area contributed by atoms with Gasteiger partial charge in [0.15, 0.2) is 0 Å². The highest BCUT2D eigenvalue weighted by atomic mass is 32.2. The highest BCUT2D eigenvalue weighted by Crippen LogP contribution is 2.24. The molecule has 0 spiro atoms. The largest absolute Gasteiger partial charge is 0.497 e. The minimum absolute atomic E-state index is 0.0291. The Morgan fingerprint density at radius 3 is 2.39 bits per heavy atom. The van der Waals surface area contributed by atoms with Crippen molar-refractivity contribution in [2.24, 2.45) is 5.92 Å². The molecule has 3 atom stereocenters. The van der Waals surface area contributed by atoms with Crippen molar-refractivity contribution in [2.75, 3.05) is 26.8 Å². The third kappa shape index (κ3) is 9.87. The van der Waals surface area contributed by atoms with Crippen molar-refractivity contribution in [1.29, 1.82) is 0 Å². The van der Waals surface area contributed by atoms with Crippen LogP contribution in [0.25, 0.3) is 0 Å². The summed E-state index contributed by atoms with van der Waals surface area (Å²) in [6.07, 6.45) is 1.52. The molecule has 1 unspecified atom stereocenters. The molecule has 41 heavy (non-hydrogen) atoms. The van der Waals surface area contributed by atoms with Gasteiger partial charge in [-0.2, -0.15) is 4.31 Å². The summed E-state index contributed by atoms with van der Waals surface area (Å²) in [4.78, 5) is 24.4. The Bertz CT molecular complexity index is 1270. The topological polar surface area (TPSA) is 131 Å². The van der Waals surface area contributed by atoms with Gasteiger partial charge in [-0.1, -0.05) is 43.7 Å². The molecule has 0 saturated heterocycles. The zero-order valence-corrected chi connectivity index (χ0v) is 24.6. The fourth-order valence-corrected chi connectivity index (χ4v) is 6.05. The Hall–Kier alpha value is -3.41. The number of benzene rings is 2. The predicted octanol–water partition coefficient (Wildman–Crippen LogP) is 4.04. The van der Waals surface area contributed by atoms with Gasteiger partial charge < -0.3 is 29.4 Å². The summed E-state index contributed by atoms with van der Waals surface area (Å²) in [7, 11) is -2.56. The minimum atomic E-state index is -4.06. The van der Waals surface area contributed by atoms with Crippen molar-refractivity contribution in [3.8, 4) is 5.75 Å². The fraction of sp³-hybridized carbons (Fsp3) is 0.467. The number of alkyl carbamates (subject to hydrolysis) is 1. The highest BCUT2D eigenvalue weighted by molar-refractivity contribution is 7.89. The third-order valence-electron chi connectivity index (χ3n) is 7.00. The van der Waals surface area contributed by atoms with Gasteiger partial charge >= 0.3 is 6.09 Å². The number of Topliss-reactive ketones (excluding diaryl/α,β-unsaturated/α-hetero) is 1. The lowest BCUT2D eigenvalue weighted by Crippen LogP contribution is -2.51. The molecule has 1 aliphatic rings.